The molecule has 0 saturated carbocycles. The molecule has 1 saturated heterocycles. The van der Waals surface area contributed by atoms with Crippen molar-refractivity contribution in [2.75, 3.05) is 20.2 Å². The van der Waals surface area contributed by atoms with Crippen LogP contribution in [0, 0.1) is 0 Å². The number of carbonyl (C=O) groups excluding carboxylic acids is 2. The summed E-state index contributed by atoms with van der Waals surface area (Å²) in [4.78, 5) is 40.7. The number of piperidine rings is 1. The van der Waals surface area contributed by atoms with Gasteiger partial charge < -0.3 is 14.2 Å². The number of esters is 1. The summed E-state index contributed by atoms with van der Waals surface area (Å²) in [6, 6.07) is 15.2. The van der Waals surface area contributed by atoms with Gasteiger partial charge in [-0.3, -0.25) is 9.59 Å². The van der Waals surface area contributed by atoms with Crippen molar-refractivity contribution in [3.63, 3.8) is 0 Å². The molecule has 2 aromatic heterocycles. The van der Waals surface area contributed by atoms with Crippen LogP contribution in [0.5, 0.6) is 0 Å². The van der Waals surface area contributed by atoms with Crippen LogP contribution in [0.3, 0.4) is 0 Å². The number of ether oxygens (including phenoxy) is 1. The number of hydrogen-bond donors (Lipinski definition) is 0. The van der Waals surface area contributed by atoms with E-state index < -0.39 is 11.5 Å². The molecular weight excluding hydrogens is 577 g/mol. The molecule has 1 amide bonds. The van der Waals surface area contributed by atoms with Crippen molar-refractivity contribution in [1.29, 1.82) is 0 Å². The smallest absolute Gasteiger partial charge is 0.334 e. The molecule has 0 spiro atoms. The number of likely N-dealkylation sites (tertiary alicyclic amines) is 1. The summed E-state index contributed by atoms with van der Waals surface area (Å²) in [5, 5.41) is 9.80. The fraction of sp³-hybridized carbons (Fsp3) is 0.250. The summed E-state index contributed by atoms with van der Waals surface area (Å²) in [5.41, 5.74) is 0.624. The molecule has 0 radical (unpaired) electrons. The molecule has 0 bridgehead atoms. The second-order valence-corrected chi connectivity index (χ2v) is 10.7. The van der Waals surface area contributed by atoms with Crippen LogP contribution in [0.4, 0.5) is 0 Å². The molecule has 0 atom stereocenters. The van der Waals surface area contributed by atoms with Gasteiger partial charge in [0.1, 0.15) is 5.69 Å². The molecule has 9 nitrogen and oxygen atoms in total. The van der Waals surface area contributed by atoms with E-state index in [0.29, 0.717) is 31.9 Å². The van der Waals surface area contributed by atoms with Gasteiger partial charge in [-0.2, -0.15) is 0 Å². The van der Waals surface area contributed by atoms with E-state index in [9.17, 15) is 14.4 Å². The molecule has 3 heterocycles. The van der Waals surface area contributed by atoms with Gasteiger partial charge in [-0.1, -0.05) is 64.3 Å². The van der Waals surface area contributed by atoms with Crippen LogP contribution in [0.2, 0.25) is 15.1 Å². The molecule has 0 unspecified atom stereocenters. The Morgan fingerprint density at radius 3 is 2.27 bits per heavy atom. The van der Waals surface area contributed by atoms with Gasteiger partial charge in [-0.25, -0.2) is 9.48 Å². The molecule has 1 aliphatic heterocycles. The lowest BCUT2D eigenvalue weighted by molar-refractivity contribution is -0.154. The summed E-state index contributed by atoms with van der Waals surface area (Å²) in [6.45, 7) is 0.731. The fourth-order valence-corrected chi connectivity index (χ4v) is 5.69. The lowest BCUT2D eigenvalue weighted by Crippen LogP contribution is -2.53. The van der Waals surface area contributed by atoms with E-state index in [2.05, 4.69) is 10.3 Å². The zero-order valence-electron chi connectivity index (χ0n) is 21.4. The number of methoxy groups -OCH3 is 1. The van der Waals surface area contributed by atoms with Gasteiger partial charge >= 0.3 is 5.97 Å². The molecule has 2 aromatic carbocycles. The zero-order chi connectivity index (χ0) is 28.4. The first kappa shape index (κ1) is 27.9. The molecule has 0 aliphatic carbocycles. The van der Waals surface area contributed by atoms with Crippen molar-refractivity contribution in [2.45, 2.75) is 24.9 Å². The number of halogens is 3. The topological polar surface area (TPSA) is 99.3 Å². The van der Waals surface area contributed by atoms with Gasteiger partial charge in [0.05, 0.1) is 35.5 Å². The van der Waals surface area contributed by atoms with Gasteiger partial charge in [0.15, 0.2) is 5.54 Å². The first-order valence-corrected chi connectivity index (χ1v) is 13.6. The number of rotatable bonds is 6. The molecule has 1 fully saturated rings. The van der Waals surface area contributed by atoms with Crippen molar-refractivity contribution in [1.82, 2.24) is 24.5 Å². The molecule has 206 valence electrons. The van der Waals surface area contributed by atoms with Gasteiger partial charge in [0.2, 0.25) is 0 Å². The quantitative estimate of drug-likeness (QED) is 0.291. The third-order valence-electron chi connectivity index (χ3n) is 7.12. The van der Waals surface area contributed by atoms with E-state index in [0.717, 1.165) is 5.56 Å². The third kappa shape index (κ3) is 5.24. The number of nitrogens with zero attached hydrogens (tertiary/aromatic N) is 5. The minimum atomic E-state index is -1.17. The Morgan fingerprint density at radius 1 is 0.925 bits per heavy atom. The Bertz CT molecular complexity index is 1620. The molecular formula is C28H24Cl3N5O4. The summed E-state index contributed by atoms with van der Waals surface area (Å²) in [6.07, 6.45) is 3.63. The summed E-state index contributed by atoms with van der Waals surface area (Å²) in [5.74, 6) is -0.747. The first-order valence-electron chi connectivity index (χ1n) is 12.4. The minimum Gasteiger partial charge on any atom is -0.467 e. The Balaban J connectivity index is 1.37. The van der Waals surface area contributed by atoms with Crippen molar-refractivity contribution in [2.24, 2.45) is 0 Å². The average molecular weight is 601 g/mol. The monoisotopic (exact) mass is 599 g/mol. The van der Waals surface area contributed by atoms with Gasteiger partial charge in [-0.15, -0.1) is 5.10 Å². The van der Waals surface area contributed by atoms with Crippen LogP contribution >= 0.6 is 34.8 Å². The molecule has 5 rings (SSSR count). The van der Waals surface area contributed by atoms with Crippen LogP contribution in [0.1, 0.15) is 28.8 Å². The average Bonchev–Trinajstić information content (AvgIpc) is 3.45. The summed E-state index contributed by atoms with van der Waals surface area (Å²) >= 11 is 19.0. The molecule has 40 heavy (non-hydrogen) atoms. The van der Waals surface area contributed by atoms with E-state index in [1.807, 2.05) is 18.2 Å². The van der Waals surface area contributed by atoms with Gasteiger partial charge in [-0.05, 0) is 29.8 Å². The number of aromatic nitrogens is 4. The Morgan fingerprint density at radius 2 is 1.60 bits per heavy atom. The SMILES string of the molecule is COC(=O)C1(n2cc(-c3c(Cl)cccc3Cl)nn2)CCN(C(=O)c2ccc(=O)n(Cc3ccccc3Cl)c2)CC1. The third-order valence-corrected chi connectivity index (χ3v) is 8.12. The molecule has 1 aliphatic rings. The molecule has 4 aromatic rings. The zero-order valence-corrected chi connectivity index (χ0v) is 23.7. The van der Waals surface area contributed by atoms with Crippen LogP contribution in [0.15, 0.2) is 71.8 Å². The predicted molar refractivity (Wildman–Crippen MR) is 152 cm³/mol. The van der Waals surface area contributed by atoms with Crippen LogP contribution < -0.4 is 5.56 Å². The predicted octanol–water partition coefficient (Wildman–Crippen LogP) is 4.92. The van der Waals surface area contributed by atoms with Crippen molar-refractivity contribution < 1.29 is 14.3 Å². The lowest BCUT2D eigenvalue weighted by atomic mass is 9.87. The van der Waals surface area contributed by atoms with E-state index in [-0.39, 0.29) is 43.9 Å². The Labute approximate surface area is 244 Å². The number of hydrogen-bond acceptors (Lipinski definition) is 6. The van der Waals surface area contributed by atoms with Crippen molar-refractivity contribution in [3.05, 3.63) is 104 Å². The highest BCUT2D eigenvalue weighted by molar-refractivity contribution is 6.39. The molecule has 0 N–H and O–H groups in total. The van der Waals surface area contributed by atoms with E-state index in [1.54, 1.807) is 35.4 Å². The maximum atomic E-state index is 13.4. The van der Waals surface area contributed by atoms with Gasteiger partial charge in [0.25, 0.3) is 11.5 Å². The minimum absolute atomic E-state index is 0.231. The van der Waals surface area contributed by atoms with Crippen LogP contribution in [-0.2, 0) is 21.6 Å². The normalized spacial score (nSPS) is 14.7. The maximum absolute atomic E-state index is 13.4. The lowest BCUT2D eigenvalue weighted by Gasteiger charge is -2.39. The highest BCUT2D eigenvalue weighted by Crippen LogP contribution is 2.36. The maximum Gasteiger partial charge on any atom is 0.334 e. The van der Waals surface area contributed by atoms with Crippen LogP contribution in [0.25, 0.3) is 11.3 Å². The number of amides is 1. The largest absolute Gasteiger partial charge is 0.467 e. The Kier molecular flexibility index (Phi) is 7.98. The number of pyridine rings is 1. The fourth-order valence-electron chi connectivity index (χ4n) is 4.90. The Hall–Kier alpha value is -3.66. The highest BCUT2D eigenvalue weighted by Gasteiger charge is 2.46. The number of benzene rings is 2. The van der Waals surface area contributed by atoms with E-state index in [1.165, 1.54) is 34.7 Å². The summed E-state index contributed by atoms with van der Waals surface area (Å²) < 4.78 is 8.08. The molecule has 12 heteroatoms. The van der Waals surface area contributed by atoms with E-state index >= 15 is 0 Å². The van der Waals surface area contributed by atoms with E-state index in [4.69, 9.17) is 39.5 Å². The summed E-state index contributed by atoms with van der Waals surface area (Å²) in [7, 11) is 1.31. The standard InChI is InChI=1S/C28H24Cl3N5O4/c1-40-27(39)28(36-17-23(32-33-36)25-21(30)7-4-8-22(25)31)11-13-34(14-12-28)26(38)19-9-10-24(37)35(16-19)15-18-5-2-3-6-20(18)29/h2-10,16-17H,11-15H2,1H3. The van der Waals surface area contributed by atoms with Crippen LogP contribution in [-0.4, -0.2) is 56.5 Å². The number of carbonyl (C=O) groups is 2. The van der Waals surface area contributed by atoms with Gasteiger partial charge in [0, 0.05) is 48.8 Å². The second kappa shape index (κ2) is 11.4. The first-order chi connectivity index (χ1) is 19.2. The highest BCUT2D eigenvalue weighted by atomic mass is 35.5. The van der Waals surface area contributed by atoms with Crippen molar-refractivity contribution >= 4 is 46.7 Å². The van der Waals surface area contributed by atoms with Crippen molar-refractivity contribution in [3.8, 4) is 11.3 Å². The second-order valence-electron chi connectivity index (χ2n) is 9.44.